The normalized spacial score (nSPS) is 18.8. The number of benzene rings is 2. The molecule has 1 N–H and O–H groups in total. The topological polar surface area (TPSA) is 53.9 Å². The van der Waals surface area contributed by atoms with E-state index in [-0.39, 0.29) is 27.2 Å². The van der Waals surface area contributed by atoms with Gasteiger partial charge in [0, 0.05) is 41.6 Å². The van der Waals surface area contributed by atoms with Gasteiger partial charge in [0.25, 0.3) is 5.60 Å². The molecule has 1 atom stereocenters. The minimum Gasteiger partial charge on any atom is -0.374 e. The SMILES string of the molecule is CC(=O)NN(C)c1cccc(C2=NOC(c3cc(Cl)cc(Cl)c3)(C(F)(F)F)C2)c1. The fourth-order valence-electron chi connectivity index (χ4n) is 3.04. The fourth-order valence-corrected chi connectivity index (χ4v) is 3.57. The average molecular weight is 446 g/mol. The molecular weight excluding hydrogens is 430 g/mol. The van der Waals surface area contributed by atoms with Gasteiger partial charge in [-0.2, -0.15) is 13.2 Å². The number of anilines is 1. The Morgan fingerprint density at radius 3 is 2.45 bits per heavy atom. The third-order valence-corrected chi connectivity index (χ3v) is 4.84. The highest BCUT2D eigenvalue weighted by molar-refractivity contribution is 6.34. The van der Waals surface area contributed by atoms with Crippen molar-refractivity contribution in [3.8, 4) is 0 Å². The van der Waals surface area contributed by atoms with Crippen LogP contribution in [0.5, 0.6) is 0 Å². The van der Waals surface area contributed by atoms with Crippen molar-refractivity contribution in [2.45, 2.75) is 25.1 Å². The lowest BCUT2D eigenvalue weighted by Gasteiger charge is -2.29. The number of nitrogens with one attached hydrogen (secondary N) is 1. The van der Waals surface area contributed by atoms with Crippen LogP contribution >= 0.6 is 23.2 Å². The summed E-state index contributed by atoms with van der Waals surface area (Å²) in [6.45, 7) is 1.35. The summed E-state index contributed by atoms with van der Waals surface area (Å²) in [5, 5.41) is 5.31. The number of nitrogens with zero attached hydrogens (tertiary/aromatic N) is 2. The highest BCUT2D eigenvalue weighted by atomic mass is 35.5. The van der Waals surface area contributed by atoms with Crippen LogP contribution in [0.4, 0.5) is 18.9 Å². The molecule has 2 aromatic rings. The minimum atomic E-state index is -4.77. The van der Waals surface area contributed by atoms with Crippen LogP contribution in [0, 0.1) is 0 Å². The fraction of sp³-hybridized carbons (Fsp3) is 0.263. The van der Waals surface area contributed by atoms with Crippen LogP contribution in [0.1, 0.15) is 24.5 Å². The monoisotopic (exact) mass is 445 g/mol. The molecule has 1 unspecified atom stereocenters. The number of hydrazine groups is 1. The van der Waals surface area contributed by atoms with E-state index in [1.807, 2.05) is 0 Å². The number of alkyl halides is 3. The van der Waals surface area contributed by atoms with Gasteiger partial charge in [0.2, 0.25) is 5.91 Å². The molecule has 1 aliphatic rings. The summed E-state index contributed by atoms with van der Waals surface area (Å²) in [5.74, 6) is -0.284. The molecule has 0 fully saturated rings. The van der Waals surface area contributed by atoms with Gasteiger partial charge in [0.1, 0.15) is 0 Å². The summed E-state index contributed by atoms with van der Waals surface area (Å²) in [5.41, 5.74) is 0.746. The first kappa shape index (κ1) is 21.3. The van der Waals surface area contributed by atoms with E-state index >= 15 is 0 Å². The molecule has 0 saturated heterocycles. The zero-order chi connectivity index (χ0) is 21.4. The van der Waals surface area contributed by atoms with Gasteiger partial charge in [-0.3, -0.25) is 15.2 Å². The molecule has 0 aliphatic carbocycles. The summed E-state index contributed by atoms with van der Waals surface area (Å²) in [6.07, 6.45) is -5.32. The second-order valence-electron chi connectivity index (χ2n) is 6.57. The predicted molar refractivity (Wildman–Crippen MR) is 105 cm³/mol. The summed E-state index contributed by atoms with van der Waals surface area (Å²) >= 11 is 11.8. The van der Waals surface area contributed by atoms with Crippen LogP contribution in [0.25, 0.3) is 0 Å². The summed E-state index contributed by atoms with van der Waals surface area (Å²) < 4.78 is 42.2. The van der Waals surface area contributed by atoms with E-state index in [2.05, 4.69) is 10.6 Å². The first-order valence-electron chi connectivity index (χ1n) is 8.41. The molecule has 1 amide bonds. The van der Waals surface area contributed by atoms with Gasteiger partial charge in [-0.15, -0.1) is 0 Å². The molecule has 1 aliphatic heterocycles. The van der Waals surface area contributed by atoms with Crippen molar-refractivity contribution in [1.29, 1.82) is 0 Å². The Morgan fingerprint density at radius 1 is 1.21 bits per heavy atom. The lowest BCUT2D eigenvalue weighted by Crippen LogP contribution is -2.42. The Morgan fingerprint density at radius 2 is 1.86 bits per heavy atom. The van der Waals surface area contributed by atoms with E-state index in [1.165, 1.54) is 30.1 Å². The third kappa shape index (κ3) is 4.28. The molecule has 154 valence electrons. The second kappa shape index (κ2) is 7.76. The molecule has 10 heteroatoms. The number of carbonyl (C=O) groups is 1. The molecule has 0 spiro atoms. The zero-order valence-corrected chi connectivity index (χ0v) is 16.9. The summed E-state index contributed by atoms with van der Waals surface area (Å²) in [6, 6.07) is 10.2. The van der Waals surface area contributed by atoms with Crippen molar-refractivity contribution in [1.82, 2.24) is 5.43 Å². The van der Waals surface area contributed by atoms with Gasteiger partial charge in [0.15, 0.2) is 0 Å². The maximum atomic E-state index is 14.1. The van der Waals surface area contributed by atoms with Gasteiger partial charge in [-0.1, -0.05) is 40.5 Å². The van der Waals surface area contributed by atoms with E-state index in [0.717, 1.165) is 0 Å². The molecule has 2 aromatic carbocycles. The van der Waals surface area contributed by atoms with E-state index < -0.39 is 18.2 Å². The van der Waals surface area contributed by atoms with Crippen molar-refractivity contribution in [2.75, 3.05) is 12.1 Å². The van der Waals surface area contributed by atoms with Crippen molar-refractivity contribution >= 4 is 40.5 Å². The Kier molecular flexibility index (Phi) is 5.69. The van der Waals surface area contributed by atoms with Crippen molar-refractivity contribution < 1.29 is 22.8 Å². The Labute approximate surface area is 175 Å². The molecule has 29 heavy (non-hydrogen) atoms. The first-order valence-corrected chi connectivity index (χ1v) is 9.17. The maximum absolute atomic E-state index is 14.1. The predicted octanol–water partition coefficient (Wildman–Crippen LogP) is 5.06. The van der Waals surface area contributed by atoms with Gasteiger partial charge in [-0.05, 0) is 30.3 Å². The standard InChI is InChI=1S/C19H16Cl2F3N3O2/c1-11(28)25-27(2)16-5-3-4-12(6-16)17-10-18(29-26-17,19(22,23)24)13-7-14(20)9-15(21)8-13/h3-9H,10H2,1-2H3,(H,25,28). The first-order chi connectivity index (χ1) is 13.5. The Bertz CT molecular complexity index is 961. The number of hydrogen-bond donors (Lipinski definition) is 1. The number of amides is 1. The van der Waals surface area contributed by atoms with Crippen LogP contribution in [0.2, 0.25) is 10.0 Å². The Balaban J connectivity index is 1.96. The molecule has 5 nitrogen and oxygen atoms in total. The van der Waals surface area contributed by atoms with Gasteiger partial charge in [0.05, 0.1) is 11.4 Å². The lowest BCUT2D eigenvalue weighted by atomic mass is 9.86. The summed E-state index contributed by atoms with van der Waals surface area (Å²) in [7, 11) is 1.61. The van der Waals surface area contributed by atoms with Crippen LogP contribution < -0.4 is 10.4 Å². The maximum Gasteiger partial charge on any atom is 0.435 e. The van der Waals surface area contributed by atoms with Crippen molar-refractivity contribution in [3.63, 3.8) is 0 Å². The zero-order valence-electron chi connectivity index (χ0n) is 15.3. The number of rotatable bonds is 4. The molecule has 0 bridgehead atoms. The number of halogens is 5. The summed E-state index contributed by atoms with van der Waals surface area (Å²) in [4.78, 5) is 16.2. The Hall–Kier alpha value is -2.45. The van der Waals surface area contributed by atoms with E-state index in [4.69, 9.17) is 28.0 Å². The molecular formula is C19H16Cl2F3N3O2. The minimum absolute atomic E-state index is 0.0621. The lowest BCUT2D eigenvalue weighted by molar-refractivity contribution is -0.275. The molecule has 0 saturated carbocycles. The average Bonchev–Trinajstić information content (AvgIpc) is 3.07. The second-order valence-corrected chi connectivity index (χ2v) is 7.44. The van der Waals surface area contributed by atoms with Gasteiger partial charge < -0.3 is 4.84 Å². The third-order valence-electron chi connectivity index (χ3n) is 4.41. The van der Waals surface area contributed by atoms with E-state index in [9.17, 15) is 18.0 Å². The molecule has 0 aromatic heterocycles. The largest absolute Gasteiger partial charge is 0.435 e. The van der Waals surface area contributed by atoms with Crippen molar-refractivity contribution in [3.05, 3.63) is 63.6 Å². The van der Waals surface area contributed by atoms with E-state index in [0.29, 0.717) is 11.3 Å². The van der Waals surface area contributed by atoms with Crippen molar-refractivity contribution in [2.24, 2.45) is 5.16 Å². The number of hydrogen-bond acceptors (Lipinski definition) is 4. The highest BCUT2D eigenvalue weighted by Gasteiger charge is 2.62. The smallest absolute Gasteiger partial charge is 0.374 e. The molecule has 0 radical (unpaired) electrons. The number of oxime groups is 1. The van der Waals surface area contributed by atoms with Crippen LogP contribution in [-0.4, -0.2) is 24.8 Å². The van der Waals surface area contributed by atoms with Gasteiger partial charge >= 0.3 is 6.18 Å². The van der Waals surface area contributed by atoms with Crippen LogP contribution in [0.15, 0.2) is 47.6 Å². The van der Waals surface area contributed by atoms with E-state index in [1.54, 1.807) is 31.3 Å². The van der Waals surface area contributed by atoms with Gasteiger partial charge in [-0.25, -0.2) is 0 Å². The quantitative estimate of drug-likeness (QED) is 0.668. The molecule has 3 rings (SSSR count). The number of carbonyl (C=O) groups excluding carboxylic acids is 1. The molecule has 1 heterocycles. The van der Waals surface area contributed by atoms with Crippen LogP contribution in [-0.2, 0) is 15.2 Å². The highest BCUT2D eigenvalue weighted by Crippen LogP contribution is 2.49. The van der Waals surface area contributed by atoms with Crippen LogP contribution in [0.3, 0.4) is 0 Å².